The minimum absolute atomic E-state index is 0.364. The van der Waals surface area contributed by atoms with E-state index < -0.39 is 0 Å². The van der Waals surface area contributed by atoms with E-state index in [0.29, 0.717) is 5.54 Å². The van der Waals surface area contributed by atoms with Crippen molar-refractivity contribution in [2.75, 3.05) is 20.6 Å². The molecule has 2 saturated carbocycles. The lowest BCUT2D eigenvalue weighted by molar-refractivity contribution is 0.0904. The Hall–Kier alpha value is -0.0800. The summed E-state index contributed by atoms with van der Waals surface area (Å²) in [6, 6.07) is 0. The number of rotatable bonds is 2. The maximum Gasteiger partial charge on any atom is 0.0356 e. The Morgan fingerprint density at radius 3 is 2.42 bits per heavy atom. The molecular formula is C10H20N2. The van der Waals surface area contributed by atoms with Crippen LogP contribution in [0.15, 0.2) is 0 Å². The van der Waals surface area contributed by atoms with Gasteiger partial charge in [-0.3, -0.25) is 0 Å². The highest BCUT2D eigenvalue weighted by Crippen LogP contribution is 2.52. The van der Waals surface area contributed by atoms with E-state index in [1.165, 1.54) is 25.7 Å². The van der Waals surface area contributed by atoms with Gasteiger partial charge in [-0.25, -0.2) is 0 Å². The van der Waals surface area contributed by atoms with Crippen LogP contribution in [0.5, 0.6) is 0 Å². The van der Waals surface area contributed by atoms with Crippen LogP contribution in [0.25, 0.3) is 0 Å². The van der Waals surface area contributed by atoms with Gasteiger partial charge in [0.05, 0.1) is 0 Å². The normalized spacial score (nSPS) is 46.0. The minimum Gasteiger partial charge on any atom is -0.329 e. The summed E-state index contributed by atoms with van der Waals surface area (Å²) >= 11 is 0. The van der Waals surface area contributed by atoms with Gasteiger partial charge >= 0.3 is 0 Å². The molecule has 0 aromatic heterocycles. The second kappa shape index (κ2) is 2.71. The van der Waals surface area contributed by atoms with Gasteiger partial charge in [0.2, 0.25) is 0 Å². The highest BCUT2D eigenvalue weighted by atomic mass is 15.2. The molecule has 2 aliphatic carbocycles. The smallest absolute Gasteiger partial charge is 0.0356 e. The molecule has 3 unspecified atom stereocenters. The third-order valence-corrected chi connectivity index (χ3v) is 4.19. The van der Waals surface area contributed by atoms with Gasteiger partial charge in [0.1, 0.15) is 0 Å². The number of hydrogen-bond donors (Lipinski definition) is 1. The molecule has 2 bridgehead atoms. The number of fused-ring (bicyclic) bond motifs is 2. The monoisotopic (exact) mass is 168 g/mol. The van der Waals surface area contributed by atoms with E-state index in [1.54, 1.807) is 0 Å². The maximum absolute atomic E-state index is 5.91. The summed E-state index contributed by atoms with van der Waals surface area (Å²) in [4.78, 5) is 2.37. The van der Waals surface area contributed by atoms with E-state index in [1.807, 2.05) is 0 Å². The van der Waals surface area contributed by atoms with Crippen LogP contribution in [0.3, 0.4) is 0 Å². The van der Waals surface area contributed by atoms with E-state index in [4.69, 9.17) is 5.73 Å². The predicted octanol–water partition coefficient (Wildman–Crippen LogP) is 1.07. The topological polar surface area (TPSA) is 29.3 Å². The van der Waals surface area contributed by atoms with E-state index in [0.717, 1.165) is 18.4 Å². The van der Waals surface area contributed by atoms with Crippen LogP contribution in [-0.2, 0) is 0 Å². The lowest BCUT2D eigenvalue weighted by Gasteiger charge is -2.42. The van der Waals surface area contributed by atoms with Crippen molar-refractivity contribution in [3.63, 3.8) is 0 Å². The molecule has 0 spiro atoms. The van der Waals surface area contributed by atoms with E-state index in [2.05, 4.69) is 19.0 Å². The fourth-order valence-corrected chi connectivity index (χ4v) is 3.40. The van der Waals surface area contributed by atoms with Crippen molar-refractivity contribution in [2.45, 2.75) is 31.2 Å². The molecular weight excluding hydrogens is 148 g/mol. The second-order valence-electron chi connectivity index (χ2n) is 4.78. The standard InChI is InChI=1S/C10H20N2/c1-12(2)10(7-11)6-8-3-4-9(10)5-8/h8-9H,3-7,11H2,1-2H3. The van der Waals surface area contributed by atoms with Crippen LogP contribution in [0, 0.1) is 11.8 Å². The van der Waals surface area contributed by atoms with Crippen LogP contribution in [-0.4, -0.2) is 31.1 Å². The molecule has 0 aromatic carbocycles. The SMILES string of the molecule is CN(C)C1(CN)CC2CCC1C2. The Kier molecular flexibility index (Phi) is 1.92. The molecule has 0 radical (unpaired) electrons. The largest absolute Gasteiger partial charge is 0.329 e. The number of nitrogens with zero attached hydrogens (tertiary/aromatic N) is 1. The molecule has 2 fully saturated rings. The number of hydrogen-bond acceptors (Lipinski definition) is 2. The first-order valence-corrected chi connectivity index (χ1v) is 5.06. The van der Waals surface area contributed by atoms with Crippen LogP contribution in [0.2, 0.25) is 0 Å². The van der Waals surface area contributed by atoms with Crippen LogP contribution >= 0.6 is 0 Å². The fourth-order valence-electron chi connectivity index (χ4n) is 3.40. The molecule has 0 heterocycles. The quantitative estimate of drug-likeness (QED) is 0.668. The number of nitrogens with two attached hydrogens (primary N) is 1. The highest BCUT2D eigenvalue weighted by molar-refractivity contribution is 5.06. The van der Waals surface area contributed by atoms with Gasteiger partial charge in [-0.1, -0.05) is 6.42 Å². The summed E-state index contributed by atoms with van der Waals surface area (Å²) in [6.07, 6.45) is 5.66. The summed E-state index contributed by atoms with van der Waals surface area (Å²) in [6.45, 7) is 0.848. The molecule has 70 valence electrons. The van der Waals surface area contributed by atoms with Crippen LogP contribution in [0.4, 0.5) is 0 Å². The summed E-state index contributed by atoms with van der Waals surface area (Å²) in [5, 5.41) is 0. The predicted molar refractivity (Wildman–Crippen MR) is 50.9 cm³/mol. The zero-order valence-electron chi connectivity index (χ0n) is 8.21. The molecule has 0 aliphatic heterocycles. The van der Waals surface area contributed by atoms with Crippen molar-refractivity contribution >= 4 is 0 Å². The van der Waals surface area contributed by atoms with E-state index in [9.17, 15) is 0 Å². The Morgan fingerprint density at radius 2 is 2.17 bits per heavy atom. The van der Waals surface area contributed by atoms with Gasteiger partial charge in [-0.05, 0) is 45.2 Å². The van der Waals surface area contributed by atoms with Crippen molar-refractivity contribution in [1.29, 1.82) is 0 Å². The second-order valence-corrected chi connectivity index (χ2v) is 4.78. The maximum atomic E-state index is 5.91. The first-order chi connectivity index (χ1) is 5.69. The molecule has 12 heavy (non-hydrogen) atoms. The molecule has 2 rings (SSSR count). The van der Waals surface area contributed by atoms with E-state index in [-0.39, 0.29) is 0 Å². The van der Waals surface area contributed by atoms with Gasteiger partial charge in [0.15, 0.2) is 0 Å². The Morgan fingerprint density at radius 1 is 1.42 bits per heavy atom. The minimum atomic E-state index is 0.364. The number of likely N-dealkylation sites (N-methyl/N-ethyl adjacent to an activating group) is 1. The molecule has 2 nitrogen and oxygen atoms in total. The zero-order chi connectivity index (χ0) is 8.77. The summed E-state index contributed by atoms with van der Waals surface area (Å²) in [5.41, 5.74) is 6.28. The lowest BCUT2D eigenvalue weighted by atomic mass is 9.80. The molecule has 2 heteroatoms. The Balaban J connectivity index is 2.19. The zero-order valence-corrected chi connectivity index (χ0v) is 8.21. The average molecular weight is 168 g/mol. The Labute approximate surface area is 75.1 Å². The average Bonchev–Trinajstić information content (AvgIpc) is 2.62. The summed E-state index contributed by atoms with van der Waals surface area (Å²) < 4.78 is 0. The summed E-state index contributed by atoms with van der Waals surface area (Å²) in [7, 11) is 4.38. The third kappa shape index (κ3) is 0.944. The molecule has 2 aliphatic rings. The van der Waals surface area contributed by atoms with Gasteiger partial charge in [-0.2, -0.15) is 0 Å². The van der Waals surface area contributed by atoms with Crippen molar-refractivity contribution in [3.8, 4) is 0 Å². The van der Waals surface area contributed by atoms with Gasteiger partial charge in [0, 0.05) is 12.1 Å². The highest BCUT2D eigenvalue weighted by Gasteiger charge is 2.51. The molecule has 3 atom stereocenters. The van der Waals surface area contributed by atoms with Crippen molar-refractivity contribution in [1.82, 2.24) is 4.90 Å². The summed E-state index contributed by atoms with van der Waals surface area (Å²) in [5.74, 6) is 1.88. The third-order valence-electron chi connectivity index (χ3n) is 4.19. The van der Waals surface area contributed by atoms with Crippen molar-refractivity contribution in [3.05, 3.63) is 0 Å². The molecule has 0 saturated heterocycles. The van der Waals surface area contributed by atoms with Crippen molar-refractivity contribution < 1.29 is 0 Å². The van der Waals surface area contributed by atoms with Gasteiger partial charge < -0.3 is 10.6 Å². The molecule has 0 amide bonds. The van der Waals surface area contributed by atoms with Gasteiger partial charge in [0.25, 0.3) is 0 Å². The first-order valence-electron chi connectivity index (χ1n) is 5.06. The lowest BCUT2D eigenvalue weighted by Crippen LogP contribution is -2.53. The van der Waals surface area contributed by atoms with E-state index >= 15 is 0 Å². The fraction of sp³-hybridized carbons (Fsp3) is 1.00. The van der Waals surface area contributed by atoms with Crippen LogP contribution < -0.4 is 5.73 Å². The van der Waals surface area contributed by atoms with Crippen LogP contribution in [0.1, 0.15) is 25.7 Å². The first kappa shape index (κ1) is 8.52. The molecule has 2 N–H and O–H groups in total. The van der Waals surface area contributed by atoms with Crippen molar-refractivity contribution in [2.24, 2.45) is 17.6 Å². The van der Waals surface area contributed by atoms with Gasteiger partial charge in [-0.15, -0.1) is 0 Å². The Bertz CT molecular complexity index is 179. The molecule has 0 aromatic rings.